The molecule has 1 N–H and O–H groups in total. The predicted octanol–water partition coefficient (Wildman–Crippen LogP) is 7.74. The van der Waals surface area contributed by atoms with Crippen molar-refractivity contribution in [1.82, 2.24) is 0 Å². The number of allylic oxidation sites excluding steroid dienone is 4. The zero-order chi connectivity index (χ0) is 21.6. The van der Waals surface area contributed by atoms with E-state index in [0.717, 1.165) is 11.4 Å². The summed E-state index contributed by atoms with van der Waals surface area (Å²) < 4.78 is 4.63. The Morgan fingerprint density at radius 2 is 1.53 bits per heavy atom. The second-order valence-electron chi connectivity index (χ2n) is 7.08. The molecule has 2 atom stereocenters. The van der Waals surface area contributed by atoms with Crippen molar-refractivity contribution in [2.75, 3.05) is 0 Å². The lowest BCUT2D eigenvalue weighted by molar-refractivity contribution is 0.454. The molecule has 2 aliphatic rings. The van der Waals surface area contributed by atoms with Crippen LogP contribution in [-0.2, 0) is 0 Å². The minimum absolute atomic E-state index is 0.328. The maximum Gasteiger partial charge on any atom is 0.569 e. The van der Waals surface area contributed by atoms with Crippen LogP contribution in [0.5, 0.6) is 5.75 Å². The van der Waals surface area contributed by atoms with E-state index in [4.69, 9.17) is 39.8 Å². The Labute approximate surface area is 195 Å². The molecular formula is C24H27BCl3O2. The highest BCUT2D eigenvalue weighted by Crippen LogP contribution is 2.28. The molecule has 159 valence electrons. The summed E-state index contributed by atoms with van der Waals surface area (Å²) in [5, 5.41) is 9.97. The molecule has 1 radical (unpaired) electrons. The molecule has 4 rings (SSSR count). The van der Waals surface area contributed by atoms with Gasteiger partial charge in [0.25, 0.3) is 0 Å². The van der Waals surface area contributed by atoms with Gasteiger partial charge in [-0.15, -0.1) is 11.6 Å². The maximum absolute atomic E-state index is 8.22. The Kier molecular flexibility index (Phi) is 12.1. The molecule has 2 nitrogen and oxygen atoms in total. The van der Waals surface area contributed by atoms with E-state index in [1.54, 1.807) is 24.3 Å². The predicted molar refractivity (Wildman–Crippen MR) is 130 cm³/mol. The molecule has 2 aliphatic carbocycles. The molecule has 30 heavy (non-hydrogen) atoms. The lowest BCUT2D eigenvalue weighted by Gasteiger charge is -2.16. The summed E-state index contributed by atoms with van der Waals surface area (Å²) in [5.41, 5.74) is 1.35. The Balaban J connectivity index is 0.000000168. The van der Waals surface area contributed by atoms with E-state index in [0.29, 0.717) is 29.8 Å². The smallest absolute Gasteiger partial charge is 0.537 e. The largest absolute Gasteiger partial charge is 0.569 e. The normalized spacial score (nSPS) is 19.6. The summed E-state index contributed by atoms with van der Waals surface area (Å²) in [6, 6.07) is 15.0. The molecule has 6 heteroatoms. The molecular weight excluding hydrogens is 437 g/mol. The second kappa shape index (κ2) is 14.6. The molecule has 2 aromatic rings. The third-order valence-corrected chi connectivity index (χ3v) is 5.55. The first-order chi connectivity index (χ1) is 14.6. The summed E-state index contributed by atoms with van der Waals surface area (Å²) in [6.45, 7) is 0. The standard InChI is InChI=1S/C12H13Cl.C6H5BClO2.C6H9Cl/c13-12-8-4-7-11(9-12)10-5-2-1-3-6-10;8-5-2-1-3-6(4-5)10-7-9;7-6-4-2-1-3-5-6/h2,4-5,7-10H,1,3,6H2;1-4,9H;2,4,6H,1,3,5H2/t10-;;/m1../s1. The fourth-order valence-corrected chi connectivity index (χ4v) is 3.84. The molecule has 0 aromatic heterocycles. The van der Waals surface area contributed by atoms with Gasteiger partial charge < -0.3 is 9.68 Å². The highest BCUT2D eigenvalue weighted by atomic mass is 35.5. The first-order valence-electron chi connectivity index (χ1n) is 10.2. The summed E-state index contributed by atoms with van der Waals surface area (Å²) in [6.07, 6.45) is 16.3. The quantitative estimate of drug-likeness (QED) is 0.286. The third kappa shape index (κ3) is 10.1. The lowest BCUT2D eigenvalue weighted by Crippen LogP contribution is -1.98. The molecule has 0 aliphatic heterocycles. The van der Waals surface area contributed by atoms with Crippen molar-refractivity contribution < 1.29 is 9.68 Å². The minimum Gasteiger partial charge on any atom is -0.537 e. The highest BCUT2D eigenvalue weighted by Gasteiger charge is 2.10. The van der Waals surface area contributed by atoms with Crippen molar-refractivity contribution in [3.63, 3.8) is 0 Å². The first kappa shape index (κ1) is 24.9. The third-order valence-electron chi connectivity index (χ3n) is 4.71. The lowest BCUT2D eigenvalue weighted by atomic mass is 9.89. The zero-order valence-corrected chi connectivity index (χ0v) is 19.2. The zero-order valence-electron chi connectivity index (χ0n) is 16.9. The molecule has 2 aromatic carbocycles. The maximum atomic E-state index is 8.22. The molecule has 0 spiro atoms. The van der Waals surface area contributed by atoms with Crippen LogP contribution in [0.1, 0.15) is 50.0 Å². The van der Waals surface area contributed by atoms with Crippen LogP contribution in [0.2, 0.25) is 10.0 Å². The van der Waals surface area contributed by atoms with Gasteiger partial charge in [-0.2, -0.15) is 0 Å². The van der Waals surface area contributed by atoms with Crippen LogP contribution >= 0.6 is 34.8 Å². The van der Waals surface area contributed by atoms with Gasteiger partial charge in [0.2, 0.25) is 0 Å². The topological polar surface area (TPSA) is 29.5 Å². The van der Waals surface area contributed by atoms with Crippen LogP contribution in [0.25, 0.3) is 0 Å². The van der Waals surface area contributed by atoms with Gasteiger partial charge in [0, 0.05) is 16.0 Å². The van der Waals surface area contributed by atoms with E-state index in [2.05, 4.69) is 41.1 Å². The first-order valence-corrected chi connectivity index (χ1v) is 11.4. The summed E-state index contributed by atoms with van der Waals surface area (Å²) >= 11 is 17.3. The fourth-order valence-electron chi connectivity index (χ4n) is 3.20. The van der Waals surface area contributed by atoms with E-state index >= 15 is 0 Å². The number of hydrogen-bond acceptors (Lipinski definition) is 2. The number of rotatable bonds is 3. The number of halogens is 3. The van der Waals surface area contributed by atoms with Crippen molar-refractivity contribution in [3.8, 4) is 5.75 Å². The minimum atomic E-state index is 0.328. The van der Waals surface area contributed by atoms with Crippen LogP contribution < -0.4 is 4.65 Å². The van der Waals surface area contributed by atoms with Gasteiger partial charge in [0.15, 0.2) is 0 Å². The van der Waals surface area contributed by atoms with Gasteiger partial charge in [-0.3, -0.25) is 0 Å². The molecule has 0 bridgehead atoms. The van der Waals surface area contributed by atoms with Crippen molar-refractivity contribution in [3.05, 3.63) is 88.4 Å². The Bertz CT molecular complexity index is 811. The molecule has 0 heterocycles. The average molecular weight is 465 g/mol. The van der Waals surface area contributed by atoms with Crippen LogP contribution in [0.4, 0.5) is 0 Å². The van der Waals surface area contributed by atoms with E-state index < -0.39 is 0 Å². The van der Waals surface area contributed by atoms with Crippen molar-refractivity contribution in [2.45, 2.75) is 49.8 Å². The Morgan fingerprint density at radius 3 is 2.03 bits per heavy atom. The van der Waals surface area contributed by atoms with Gasteiger partial charge in [-0.25, -0.2) is 0 Å². The van der Waals surface area contributed by atoms with Crippen molar-refractivity contribution in [1.29, 1.82) is 0 Å². The summed E-state index contributed by atoms with van der Waals surface area (Å²) in [4.78, 5) is 0. The van der Waals surface area contributed by atoms with Crippen LogP contribution in [0.3, 0.4) is 0 Å². The molecule has 0 amide bonds. The fraction of sp³-hybridized carbons (Fsp3) is 0.333. The highest BCUT2D eigenvalue weighted by molar-refractivity contribution is 6.31. The van der Waals surface area contributed by atoms with Gasteiger partial charge in [-0.1, -0.05) is 65.7 Å². The molecule has 0 fully saturated rings. The van der Waals surface area contributed by atoms with Gasteiger partial charge in [-0.05, 0) is 74.4 Å². The van der Waals surface area contributed by atoms with E-state index in [1.807, 2.05) is 12.1 Å². The van der Waals surface area contributed by atoms with Crippen molar-refractivity contribution in [2.24, 2.45) is 0 Å². The molecule has 0 saturated carbocycles. The molecule has 0 saturated heterocycles. The van der Waals surface area contributed by atoms with E-state index in [1.165, 1.54) is 37.7 Å². The Hall–Kier alpha value is -1.39. The monoisotopic (exact) mass is 463 g/mol. The van der Waals surface area contributed by atoms with Crippen molar-refractivity contribution >= 4 is 42.5 Å². The average Bonchev–Trinajstić information content (AvgIpc) is 2.76. The van der Waals surface area contributed by atoms with Crippen LogP contribution in [-0.4, -0.2) is 18.1 Å². The van der Waals surface area contributed by atoms with Crippen LogP contribution in [0, 0.1) is 0 Å². The summed E-state index contributed by atoms with van der Waals surface area (Å²) in [7, 11) is 0.617. The molecule has 1 unspecified atom stereocenters. The van der Waals surface area contributed by atoms with E-state index in [-0.39, 0.29) is 0 Å². The number of hydrogen-bond donors (Lipinski definition) is 1. The van der Waals surface area contributed by atoms with Gasteiger partial charge in [0.1, 0.15) is 5.75 Å². The SMILES string of the molecule is ClC1C=CCCC1.Clc1cccc([C@@H]2C=CCCC2)c1.O[B]Oc1cccc(Cl)c1. The Morgan fingerprint density at radius 1 is 0.867 bits per heavy atom. The number of alkyl halides is 1. The second-order valence-corrected chi connectivity index (χ2v) is 8.51. The van der Waals surface area contributed by atoms with E-state index in [9.17, 15) is 0 Å². The van der Waals surface area contributed by atoms with Gasteiger partial charge in [0.05, 0.1) is 5.38 Å². The van der Waals surface area contributed by atoms with Crippen LogP contribution in [0.15, 0.2) is 72.8 Å². The van der Waals surface area contributed by atoms with Gasteiger partial charge >= 0.3 is 7.69 Å². The summed E-state index contributed by atoms with van der Waals surface area (Å²) in [5.74, 6) is 1.11. The number of benzene rings is 2.